The van der Waals surface area contributed by atoms with Crippen LogP contribution >= 0.6 is 15.9 Å². The van der Waals surface area contributed by atoms with E-state index in [4.69, 9.17) is 4.42 Å². The van der Waals surface area contributed by atoms with Crippen molar-refractivity contribution in [2.24, 2.45) is 17.8 Å². The SMILES string of the molecule is C[C@H](NC(=O)c1ccc(Br)o1)[C@H]1C[C@@H]2CC[C@@H]1C2. The number of amides is 1. The first kappa shape index (κ1) is 12.3. The van der Waals surface area contributed by atoms with Crippen molar-refractivity contribution in [1.29, 1.82) is 0 Å². The minimum atomic E-state index is -0.101. The molecule has 1 aromatic heterocycles. The second-order valence-corrected chi connectivity index (χ2v) is 6.49. The maximum Gasteiger partial charge on any atom is 0.287 e. The van der Waals surface area contributed by atoms with E-state index in [1.165, 1.54) is 25.7 Å². The lowest BCUT2D eigenvalue weighted by Gasteiger charge is -2.28. The zero-order valence-electron chi connectivity index (χ0n) is 10.5. The molecule has 0 aromatic carbocycles. The zero-order valence-corrected chi connectivity index (χ0v) is 12.1. The lowest BCUT2D eigenvalue weighted by atomic mass is 9.84. The van der Waals surface area contributed by atoms with Gasteiger partial charge in [-0.15, -0.1) is 0 Å². The highest BCUT2D eigenvalue weighted by atomic mass is 79.9. The van der Waals surface area contributed by atoms with Crippen molar-refractivity contribution in [2.75, 3.05) is 0 Å². The Kier molecular flexibility index (Phi) is 3.22. The number of furan rings is 1. The summed E-state index contributed by atoms with van der Waals surface area (Å²) >= 11 is 3.21. The van der Waals surface area contributed by atoms with Gasteiger partial charge in [-0.2, -0.15) is 0 Å². The van der Waals surface area contributed by atoms with Gasteiger partial charge in [-0.3, -0.25) is 4.79 Å². The van der Waals surface area contributed by atoms with Crippen molar-refractivity contribution in [1.82, 2.24) is 5.32 Å². The summed E-state index contributed by atoms with van der Waals surface area (Å²) in [6.45, 7) is 2.13. The maximum absolute atomic E-state index is 12.0. The fourth-order valence-corrected chi connectivity index (χ4v) is 4.03. The first-order valence-corrected chi connectivity index (χ1v) is 7.49. The van der Waals surface area contributed by atoms with Gasteiger partial charge in [0.1, 0.15) is 0 Å². The van der Waals surface area contributed by atoms with Crippen LogP contribution in [0, 0.1) is 17.8 Å². The lowest BCUT2D eigenvalue weighted by Crippen LogP contribution is -2.39. The van der Waals surface area contributed by atoms with Crippen LogP contribution in [-0.4, -0.2) is 11.9 Å². The number of halogens is 1. The number of carbonyl (C=O) groups excluding carboxylic acids is 1. The van der Waals surface area contributed by atoms with Gasteiger partial charge < -0.3 is 9.73 Å². The van der Waals surface area contributed by atoms with Gasteiger partial charge in [0.2, 0.25) is 0 Å². The molecule has 2 fully saturated rings. The molecule has 1 heterocycles. The molecule has 1 N–H and O–H groups in total. The Morgan fingerprint density at radius 1 is 1.44 bits per heavy atom. The van der Waals surface area contributed by atoms with Crippen LogP contribution in [0.3, 0.4) is 0 Å². The van der Waals surface area contributed by atoms with E-state index in [0.29, 0.717) is 16.3 Å². The topological polar surface area (TPSA) is 42.2 Å². The van der Waals surface area contributed by atoms with Crippen molar-refractivity contribution in [3.63, 3.8) is 0 Å². The Hall–Kier alpha value is -0.770. The number of rotatable bonds is 3. The summed E-state index contributed by atoms with van der Waals surface area (Å²) in [4.78, 5) is 12.0. The van der Waals surface area contributed by atoms with Crippen LogP contribution in [-0.2, 0) is 0 Å². The van der Waals surface area contributed by atoms with Gasteiger partial charge in [0.15, 0.2) is 10.4 Å². The van der Waals surface area contributed by atoms with Gasteiger partial charge in [0.25, 0.3) is 5.91 Å². The Morgan fingerprint density at radius 2 is 2.28 bits per heavy atom. The van der Waals surface area contributed by atoms with Crippen LogP contribution in [0.1, 0.15) is 43.2 Å². The molecule has 2 saturated carbocycles. The fraction of sp³-hybridized carbons (Fsp3) is 0.643. The molecule has 2 bridgehead atoms. The molecule has 1 aromatic rings. The number of fused-ring (bicyclic) bond motifs is 2. The Morgan fingerprint density at radius 3 is 2.83 bits per heavy atom. The third-order valence-electron chi connectivity index (χ3n) is 4.59. The largest absolute Gasteiger partial charge is 0.444 e. The smallest absolute Gasteiger partial charge is 0.287 e. The summed E-state index contributed by atoms with van der Waals surface area (Å²) in [6, 6.07) is 3.70. The van der Waals surface area contributed by atoms with Crippen molar-refractivity contribution in [3.8, 4) is 0 Å². The van der Waals surface area contributed by atoms with Crippen LogP contribution < -0.4 is 5.32 Å². The molecule has 0 spiro atoms. The maximum atomic E-state index is 12.0. The van der Waals surface area contributed by atoms with Gasteiger partial charge in [0, 0.05) is 6.04 Å². The molecule has 0 aliphatic heterocycles. The van der Waals surface area contributed by atoms with Gasteiger partial charge in [-0.25, -0.2) is 0 Å². The summed E-state index contributed by atoms with van der Waals surface area (Å²) in [6.07, 6.45) is 5.40. The third kappa shape index (κ3) is 2.22. The van der Waals surface area contributed by atoms with Gasteiger partial charge in [-0.1, -0.05) is 6.42 Å². The predicted octanol–water partition coefficient (Wildman–Crippen LogP) is 3.60. The molecule has 4 atom stereocenters. The normalized spacial score (nSPS) is 31.6. The van der Waals surface area contributed by atoms with E-state index in [0.717, 1.165) is 11.8 Å². The molecule has 0 radical (unpaired) electrons. The van der Waals surface area contributed by atoms with Gasteiger partial charge >= 0.3 is 0 Å². The van der Waals surface area contributed by atoms with Crippen LogP contribution in [0.15, 0.2) is 21.2 Å². The first-order valence-electron chi connectivity index (χ1n) is 6.69. The molecule has 18 heavy (non-hydrogen) atoms. The van der Waals surface area contributed by atoms with Crippen molar-refractivity contribution in [2.45, 2.75) is 38.6 Å². The highest BCUT2D eigenvalue weighted by Gasteiger charge is 2.42. The van der Waals surface area contributed by atoms with Crippen LogP contribution in [0.4, 0.5) is 0 Å². The number of carbonyl (C=O) groups is 1. The van der Waals surface area contributed by atoms with Gasteiger partial charge in [-0.05, 0) is 72.0 Å². The standard InChI is InChI=1S/C14H18BrNO2/c1-8(11-7-9-2-3-10(11)6-9)16-14(17)12-4-5-13(15)18-12/h4-5,8-11H,2-3,6-7H2,1H3,(H,16,17)/t8-,9+,10+,11+/m0/s1. The molecule has 4 heteroatoms. The van der Waals surface area contributed by atoms with E-state index < -0.39 is 0 Å². The van der Waals surface area contributed by atoms with Crippen molar-refractivity contribution < 1.29 is 9.21 Å². The predicted molar refractivity (Wildman–Crippen MR) is 72.3 cm³/mol. The molecule has 3 nitrogen and oxygen atoms in total. The minimum Gasteiger partial charge on any atom is -0.444 e. The van der Waals surface area contributed by atoms with E-state index in [1.54, 1.807) is 12.1 Å². The van der Waals surface area contributed by atoms with E-state index in [1.807, 2.05) is 0 Å². The molecule has 3 rings (SSSR count). The lowest BCUT2D eigenvalue weighted by molar-refractivity contribution is 0.0886. The molecule has 0 saturated heterocycles. The summed E-state index contributed by atoms with van der Waals surface area (Å²) < 4.78 is 5.87. The molecule has 2 aliphatic rings. The highest BCUT2D eigenvalue weighted by Crippen LogP contribution is 2.49. The summed E-state index contributed by atoms with van der Waals surface area (Å²) in [7, 11) is 0. The van der Waals surface area contributed by atoms with Crippen LogP contribution in [0.25, 0.3) is 0 Å². The molecular weight excluding hydrogens is 294 g/mol. The van der Waals surface area contributed by atoms with Crippen LogP contribution in [0.5, 0.6) is 0 Å². The van der Waals surface area contributed by atoms with Crippen molar-refractivity contribution in [3.05, 3.63) is 22.6 Å². The first-order chi connectivity index (χ1) is 8.63. The average Bonchev–Trinajstić information content (AvgIpc) is 3.03. The second-order valence-electron chi connectivity index (χ2n) is 5.70. The highest BCUT2D eigenvalue weighted by molar-refractivity contribution is 9.10. The molecular formula is C14H18BrNO2. The number of hydrogen-bond acceptors (Lipinski definition) is 2. The van der Waals surface area contributed by atoms with E-state index in [-0.39, 0.29) is 11.9 Å². The summed E-state index contributed by atoms with van der Waals surface area (Å²) in [5.74, 6) is 2.68. The monoisotopic (exact) mass is 311 g/mol. The minimum absolute atomic E-state index is 0.101. The number of hydrogen-bond donors (Lipinski definition) is 1. The molecule has 98 valence electrons. The number of nitrogens with one attached hydrogen (secondary N) is 1. The summed E-state index contributed by atoms with van der Waals surface area (Å²) in [5.41, 5.74) is 0. The van der Waals surface area contributed by atoms with Crippen LogP contribution in [0.2, 0.25) is 0 Å². The third-order valence-corrected chi connectivity index (χ3v) is 5.02. The van der Waals surface area contributed by atoms with Crippen molar-refractivity contribution >= 4 is 21.8 Å². The van der Waals surface area contributed by atoms with E-state index >= 15 is 0 Å². The van der Waals surface area contributed by atoms with E-state index in [2.05, 4.69) is 28.2 Å². The van der Waals surface area contributed by atoms with E-state index in [9.17, 15) is 4.79 Å². The average molecular weight is 312 g/mol. The molecule has 0 unspecified atom stereocenters. The Labute approximate surface area is 115 Å². The Bertz CT molecular complexity index is 456. The summed E-state index contributed by atoms with van der Waals surface area (Å²) in [5, 5.41) is 3.08. The fourth-order valence-electron chi connectivity index (χ4n) is 3.73. The quantitative estimate of drug-likeness (QED) is 0.926. The Balaban J connectivity index is 1.61. The molecule has 1 amide bonds. The zero-order chi connectivity index (χ0) is 12.7. The van der Waals surface area contributed by atoms with Gasteiger partial charge in [0.05, 0.1) is 0 Å². The second kappa shape index (κ2) is 4.72. The molecule has 2 aliphatic carbocycles.